The van der Waals surface area contributed by atoms with E-state index in [1.54, 1.807) is 24.3 Å². The van der Waals surface area contributed by atoms with Crippen molar-refractivity contribution in [1.82, 2.24) is 5.32 Å². The maximum Gasteiger partial charge on any atom is 0.417 e. The van der Waals surface area contributed by atoms with Crippen LogP contribution in [0.2, 0.25) is 0 Å². The zero-order chi connectivity index (χ0) is 14.5. The van der Waals surface area contributed by atoms with E-state index in [0.29, 0.717) is 11.4 Å². The van der Waals surface area contributed by atoms with Crippen LogP contribution >= 0.6 is 0 Å². The van der Waals surface area contributed by atoms with Gasteiger partial charge in [0, 0.05) is 17.8 Å². The smallest absolute Gasteiger partial charge is 0.410 e. The fourth-order valence-corrected chi connectivity index (χ4v) is 2.04. The first-order chi connectivity index (χ1) is 10.3. The number of amidine groups is 1. The van der Waals surface area contributed by atoms with Gasteiger partial charge >= 0.3 is 6.09 Å². The molecule has 0 aromatic heterocycles. The summed E-state index contributed by atoms with van der Waals surface area (Å²) in [5, 5.41) is 5.86. The second-order valence-corrected chi connectivity index (χ2v) is 4.56. The molecule has 3 rings (SSSR count). The number of rotatable bonds is 3. The van der Waals surface area contributed by atoms with E-state index in [1.165, 1.54) is 0 Å². The van der Waals surface area contributed by atoms with E-state index in [2.05, 4.69) is 15.6 Å². The van der Waals surface area contributed by atoms with Gasteiger partial charge < -0.3 is 10.1 Å². The van der Waals surface area contributed by atoms with Crippen LogP contribution in [-0.4, -0.2) is 25.0 Å². The molecule has 1 aliphatic rings. The van der Waals surface area contributed by atoms with Crippen LogP contribution in [-0.2, 0) is 0 Å². The fraction of sp³-hybridized carbons (Fsp3) is 0.125. The SMILES string of the molecule is O=C(Nc1ccccc1)Oc1ccc(C2=NCCN2)cc1. The number of nitrogens with zero attached hydrogens (tertiary/aromatic N) is 1. The number of anilines is 1. The topological polar surface area (TPSA) is 62.7 Å². The number of para-hydroxylation sites is 1. The molecule has 5 nitrogen and oxygen atoms in total. The summed E-state index contributed by atoms with van der Waals surface area (Å²) < 4.78 is 5.23. The molecule has 0 aliphatic carbocycles. The number of nitrogens with one attached hydrogen (secondary N) is 2. The zero-order valence-corrected chi connectivity index (χ0v) is 11.4. The number of carbonyl (C=O) groups is 1. The van der Waals surface area contributed by atoms with Gasteiger partial charge in [-0.3, -0.25) is 10.3 Å². The van der Waals surface area contributed by atoms with Crippen molar-refractivity contribution in [2.45, 2.75) is 0 Å². The van der Waals surface area contributed by atoms with E-state index in [1.807, 2.05) is 30.3 Å². The van der Waals surface area contributed by atoms with Crippen molar-refractivity contribution in [3.8, 4) is 5.75 Å². The highest BCUT2D eigenvalue weighted by molar-refractivity contribution is 5.99. The molecule has 0 unspecified atom stereocenters. The minimum absolute atomic E-state index is 0.491. The van der Waals surface area contributed by atoms with E-state index < -0.39 is 6.09 Å². The number of carbonyl (C=O) groups excluding carboxylic acids is 1. The average Bonchev–Trinajstić information content (AvgIpc) is 3.03. The van der Waals surface area contributed by atoms with Crippen LogP contribution in [0.4, 0.5) is 10.5 Å². The van der Waals surface area contributed by atoms with Crippen molar-refractivity contribution in [3.05, 3.63) is 60.2 Å². The highest BCUT2D eigenvalue weighted by atomic mass is 16.6. The maximum atomic E-state index is 11.8. The molecule has 2 aromatic rings. The molecule has 106 valence electrons. The van der Waals surface area contributed by atoms with Crippen molar-refractivity contribution < 1.29 is 9.53 Å². The second kappa shape index (κ2) is 6.09. The summed E-state index contributed by atoms with van der Waals surface area (Å²) in [5.41, 5.74) is 1.69. The van der Waals surface area contributed by atoms with Gasteiger partial charge in [-0.25, -0.2) is 4.79 Å². The number of benzene rings is 2. The highest BCUT2D eigenvalue weighted by Crippen LogP contribution is 2.14. The fourth-order valence-electron chi connectivity index (χ4n) is 2.04. The van der Waals surface area contributed by atoms with Crippen LogP contribution in [0.1, 0.15) is 5.56 Å². The quantitative estimate of drug-likeness (QED) is 0.909. The third kappa shape index (κ3) is 3.39. The van der Waals surface area contributed by atoms with Crippen molar-refractivity contribution in [2.75, 3.05) is 18.4 Å². The van der Waals surface area contributed by atoms with Crippen LogP contribution in [0.5, 0.6) is 5.75 Å². The monoisotopic (exact) mass is 281 g/mol. The molecule has 0 fully saturated rings. The summed E-state index contributed by atoms with van der Waals surface area (Å²) in [6, 6.07) is 16.4. The molecule has 0 radical (unpaired) electrons. The molecule has 0 saturated heterocycles. The first-order valence-electron chi connectivity index (χ1n) is 6.74. The van der Waals surface area contributed by atoms with Crippen LogP contribution < -0.4 is 15.4 Å². The van der Waals surface area contributed by atoms with E-state index in [4.69, 9.17) is 4.74 Å². The molecular formula is C16H15N3O2. The lowest BCUT2D eigenvalue weighted by atomic mass is 10.2. The maximum absolute atomic E-state index is 11.8. The Hall–Kier alpha value is -2.82. The van der Waals surface area contributed by atoms with Gasteiger partial charge in [0.05, 0.1) is 6.54 Å². The summed E-state index contributed by atoms with van der Waals surface area (Å²) in [7, 11) is 0. The molecule has 0 atom stereocenters. The molecule has 5 heteroatoms. The van der Waals surface area contributed by atoms with Crippen molar-refractivity contribution in [2.24, 2.45) is 4.99 Å². The lowest BCUT2D eigenvalue weighted by Gasteiger charge is -2.07. The molecule has 21 heavy (non-hydrogen) atoms. The van der Waals surface area contributed by atoms with E-state index >= 15 is 0 Å². The number of aliphatic imine (C=N–C) groups is 1. The van der Waals surface area contributed by atoms with Crippen molar-refractivity contribution >= 4 is 17.6 Å². The van der Waals surface area contributed by atoms with Crippen LogP contribution in [0.25, 0.3) is 0 Å². The van der Waals surface area contributed by atoms with Gasteiger partial charge in [-0.2, -0.15) is 0 Å². The Morgan fingerprint density at radius 2 is 1.86 bits per heavy atom. The van der Waals surface area contributed by atoms with Crippen LogP contribution in [0, 0.1) is 0 Å². The Labute approximate surface area is 122 Å². The molecule has 2 N–H and O–H groups in total. The number of ether oxygens (including phenoxy) is 1. The van der Waals surface area contributed by atoms with Gasteiger partial charge in [-0.15, -0.1) is 0 Å². The van der Waals surface area contributed by atoms with Crippen LogP contribution in [0.15, 0.2) is 59.6 Å². The van der Waals surface area contributed by atoms with Gasteiger partial charge in [0.25, 0.3) is 0 Å². The van der Waals surface area contributed by atoms with E-state index in [-0.39, 0.29) is 0 Å². The molecular weight excluding hydrogens is 266 g/mol. The van der Waals surface area contributed by atoms with E-state index in [0.717, 1.165) is 24.5 Å². The Bertz CT molecular complexity index is 651. The van der Waals surface area contributed by atoms with Crippen LogP contribution in [0.3, 0.4) is 0 Å². The summed E-state index contributed by atoms with van der Waals surface area (Å²) in [4.78, 5) is 16.1. The zero-order valence-electron chi connectivity index (χ0n) is 11.4. The standard InChI is InChI=1S/C16H15N3O2/c20-16(19-13-4-2-1-3-5-13)21-14-8-6-12(7-9-14)15-17-10-11-18-15/h1-9H,10-11H2,(H,17,18)(H,19,20). The minimum atomic E-state index is -0.509. The summed E-state index contributed by atoms with van der Waals surface area (Å²) >= 11 is 0. The summed E-state index contributed by atoms with van der Waals surface area (Å²) in [5.74, 6) is 1.38. The predicted octanol–water partition coefficient (Wildman–Crippen LogP) is 2.65. The molecule has 0 bridgehead atoms. The van der Waals surface area contributed by atoms with E-state index in [9.17, 15) is 4.79 Å². The highest BCUT2D eigenvalue weighted by Gasteiger charge is 2.09. The normalized spacial score (nSPS) is 13.2. The first-order valence-corrected chi connectivity index (χ1v) is 6.74. The Morgan fingerprint density at radius 3 is 2.52 bits per heavy atom. The summed E-state index contributed by atoms with van der Waals surface area (Å²) in [6.45, 7) is 1.67. The molecule has 0 spiro atoms. The predicted molar refractivity (Wildman–Crippen MR) is 81.9 cm³/mol. The average molecular weight is 281 g/mol. The lowest BCUT2D eigenvalue weighted by molar-refractivity contribution is 0.215. The largest absolute Gasteiger partial charge is 0.417 e. The van der Waals surface area contributed by atoms with Gasteiger partial charge in [0.15, 0.2) is 0 Å². The van der Waals surface area contributed by atoms with Gasteiger partial charge in [-0.05, 0) is 36.4 Å². The molecule has 1 heterocycles. The lowest BCUT2D eigenvalue weighted by Crippen LogP contribution is -2.19. The Kier molecular flexibility index (Phi) is 3.82. The van der Waals surface area contributed by atoms with Gasteiger partial charge in [0.1, 0.15) is 11.6 Å². The number of amides is 1. The summed E-state index contributed by atoms with van der Waals surface area (Å²) in [6.07, 6.45) is -0.509. The molecule has 1 amide bonds. The minimum Gasteiger partial charge on any atom is -0.410 e. The molecule has 0 saturated carbocycles. The number of hydrogen-bond acceptors (Lipinski definition) is 4. The number of hydrogen-bond donors (Lipinski definition) is 2. The Balaban J connectivity index is 1.61. The second-order valence-electron chi connectivity index (χ2n) is 4.56. The van der Waals surface area contributed by atoms with Crippen molar-refractivity contribution in [3.63, 3.8) is 0 Å². The molecule has 1 aliphatic heterocycles. The van der Waals surface area contributed by atoms with Crippen molar-refractivity contribution in [1.29, 1.82) is 0 Å². The Morgan fingerprint density at radius 1 is 1.10 bits per heavy atom. The first kappa shape index (κ1) is 13.2. The third-order valence-corrected chi connectivity index (χ3v) is 3.03. The van der Waals surface area contributed by atoms with Gasteiger partial charge in [0.2, 0.25) is 0 Å². The third-order valence-electron chi connectivity index (χ3n) is 3.03. The van der Waals surface area contributed by atoms with Gasteiger partial charge in [-0.1, -0.05) is 18.2 Å². The molecule has 2 aromatic carbocycles.